The highest BCUT2D eigenvalue weighted by molar-refractivity contribution is 7.89. The molecule has 0 aliphatic carbocycles. The summed E-state index contributed by atoms with van der Waals surface area (Å²) in [6, 6.07) is 7.96. The summed E-state index contributed by atoms with van der Waals surface area (Å²) in [4.78, 5) is 0.154. The Bertz CT molecular complexity index is 551. The molecule has 21 heavy (non-hydrogen) atoms. The van der Waals surface area contributed by atoms with E-state index in [9.17, 15) is 8.42 Å². The summed E-state index contributed by atoms with van der Waals surface area (Å²) in [6.45, 7) is 5.40. The van der Waals surface area contributed by atoms with Crippen LogP contribution in [0.25, 0.3) is 0 Å². The van der Waals surface area contributed by atoms with E-state index in [2.05, 4.69) is 24.5 Å². The molecule has 0 amide bonds. The van der Waals surface area contributed by atoms with Gasteiger partial charge in [0, 0.05) is 18.1 Å². The van der Waals surface area contributed by atoms with Gasteiger partial charge in [-0.05, 0) is 57.4 Å². The number of rotatable bonds is 6. The maximum atomic E-state index is 11.2. The largest absolute Gasteiger partial charge is 0.314 e. The zero-order valence-electron chi connectivity index (χ0n) is 12.7. The topological polar surface area (TPSA) is 84.2 Å². The van der Waals surface area contributed by atoms with E-state index in [1.165, 1.54) is 12.8 Å². The van der Waals surface area contributed by atoms with Crippen LogP contribution in [0.4, 0.5) is 0 Å². The highest BCUT2D eigenvalue weighted by atomic mass is 32.2. The Morgan fingerprint density at radius 1 is 1.33 bits per heavy atom. The van der Waals surface area contributed by atoms with E-state index in [4.69, 9.17) is 5.14 Å². The van der Waals surface area contributed by atoms with E-state index >= 15 is 0 Å². The van der Waals surface area contributed by atoms with E-state index in [1.807, 2.05) is 12.1 Å². The first-order valence-electron chi connectivity index (χ1n) is 7.48. The number of primary sulfonamides is 1. The molecule has 6 heteroatoms. The molecule has 1 fully saturated rings. The molecule has 1 saturated heterocycles. The van der Waals surface area contributed by atoms with Crippen LogP contribution in [0, 0.1) is 0 Å². The summed E-state index contributed by atoms with van der Waals surface area (Å²) < 4.78 is 22.5. The minimum atomic E-state index is -3.61. The summed E-state index contributed by atoms with van der Waals surface area (Å²) in [7, 11) is -3.61. The van der Waals surface area contributed by atoms with Crippen LogP contribution in [0.15, 0.2) is 29.2 Å². The molecule has 0 radical (unpaired) electrons. The molecule has 1 aromatic carbocycles. The third-order valence-electron chi connectivity index (χ3n) is 4.04. The number of benzene rings is 1. The Balaban J connectivity index is 1.91. The molecule has 0 bridgehead atoms. The molecule has 3 unspecified atom stereocenters. The quantitative estimate of drug-likeness (QED) is 0.743. The molecule has 118 valence electrons. The number of sulfonamides is 1. The van der Waals surface area contributed by atoms with Crippen molar-refractivity contribution in [3.8, 4) is 0 Å². The maximum absolute atomic E-state index is 11.2. The lowest BCUT2D eigenvalue weighted by atomic mass is 10.0. The first kappa shape index (κ1) is 16.4. The van der Waals surface area contributed by atoms with Crippen LogP contribution in [-0.2, 0) is 10.0 Å². The summed E-state index contributed by atoms with van der Waals surface area (Å²) in [5.74, 6) is 0. The average molecular weight is 311 g/mol. The van der Waals surface area contributed by atoms with Crippen molar-refractivity contribution >= 4 is 10.0 Å². The summed E-state index contributed by atoms with van der Waals surface area (Å²) >= 11 is 0. The zero-order valence-corrected chi connectivity index (χ0v) is 13.5. The van der Waals surface area contributed by atoms with Crippen molar-refractivity contribution in [1.82, 2.24) is 10.6 Å². The average Bonchev–Trinajstić information content (AvgIpc) is 2.90. The monoisotopic (exact) mass is 311 g/mol. The molecule has 0 saturated carbocycles. The molecule has 1 aromatic rings. The van der Waals surface area contributed by atoms with Crippen molar-refractivity contribution in [2.75, 3.05) is 6.54 Å². The second kappa shape index (κ2) is 6.87. The minimum Gasteiger partial charge on any atom is -0.314 e. The fourth-order valence-electron chi connectivity index (χ4n) is 2.92. The van der Waals surface area contributed by atoms with Gasteiger partial charge in [0.25, 0.3) is 0 Å². The standard InChI is InChI=1S/C15H25N3O2S/c1-11(10-14-4-3-9-17-14)18-12(2)13-5-7-15(8-6-13)21(16,19)20/h5-8,11-12,14,17-18H,3-4,9-10H2,1-2H3,(H2,16,19,20). The van der Waals surface area contributed by atoms with Crippen LogP contribution in [0.2, 0.25) is 0 Å². The molecular weight excluding hydrogens is 286 g/mol. The molecule has 1 aliphatic heterocycles. The van der Waals surface area contributed by atoms with Gasteiger partial charge in [-0.2, -0.15) is 0 Å². The third kappa shape index (κ3) is 4.78. The van der Waals surface area contributed by atoms with E-state index in [-0.39, 0.29) is 10.9 Å². The Labute approximate surface area is 127 Å². The van der Waals surface area contributed by atoms with Gasteiger partial charge in [-0.15, -0.1) is 0 Å². The minimum absolute atomic E-state index is 0.154. The fraction of sp³-hybridized carbons (Fsp3) is 0.600. The molecular formula is C15H25N3O2S. The molecule has 5 nitrogen and oxygen atoms in total. The van der Waals surface area contributed by atoms with E-state index < -0.39 is 10.0 Å². The van der Waals surface area contributed by atoms with Gasteiger partial charge in [-0.3, -0.25) is 0 Å². The molecule has 0 aromatic heterocycles. The zero-order chi connectivity index (χ0) is 15.5. The summed E-state index contributed by atoms with van der Waals surface area (Å²) in [6.07, 6.45) is 3.63. The van der Waals surface area contributed by atoms with E-state index in [1.54, 1.807) is 12.1 Å². The highest BCUT2D eigenvalue weighted by Gasteiger charge is 2.18. The molecule has 4 N–H and O–H groups in total. The van der Waals surface area contributed by atoms with Crippen molar-refractivity contribution in [3.63, 3.8) is 0 Å². The highest BCUT2D eigenvalue weighted by Crippen LogP contribution is 2.18. The number of hydrogen-bond donors (Lipinski definition) is 3. The smallest absolute Gasteiger partial charge is 0.238 e. The van der Waals surface area contributed by atoms with Gasteiger partial charge in [0.05, 0.1) is 4.90 Å². The van der Waals surface area contributed by atoms with Gasteiger partial charge >= 0.3 is 0 Å². The molecule has 2 rings (SSSR count). The van der Waals surface area contributed by atoms with Crippen molar-refractivity contribution in [3.05, 3.63) is 29.8 Å². The first-order chi connectivity index (χ1) is 9.86. The predicted molar refractivity (Wildman–Crippen MR) is 84.5 cm³/mol. The second-order valence-corrected chi connectivity index (χ2v) is 7.49. The van der Waals surface area contributed by atoms with Crippen molar-refractivity contribution in [2.24, 2.45) is 5.14 Å². The van der Waals surface area contributed by atoms with Crippen LogP contribution < -0.4 is 15.8 Å². The van der Waals surface area contributed by atoms with Crippen LogP contribution in [0.3, 0.4) is 0 Å². The van der Waals surface area contributed by atoms with Crippen LogP contribution >= 0.6 is 0 Å². The van der Waals surface area contributed by atoms with Gasteiger partial charge in [0.2, 0.25) is 10.0 Å². The van der Waals surface area contributed by atoms with E-state index in [0.717, 1.165) is 18.5 Å². The SMILES string of the molecule is CC(CC1CCCN1)NC(C)c1ccc(S(N)(=O)=O)cc1. The normalized spacial score (nSPS) is 22.1. The number of nitrogens with one attached hydrogen (secondary N) is 2. The maximum Gasteiger partial charge on any atom is 0.238 e. The van der Waals surface area contributed by atoms with Crippen molar-refractivity contribution in [2.45, 2.75) is 56.1 Å². The van der Waals surface area contributed by atoms with Gasteiger partial charge in [-0.1, -0.05) is 12.1 Å². The van der Waals surface area contributed by atoms with E-state index in [0.29, 0.717) is 12.1 Å². The van der Waals surface area contributed by atoms with Crippen LogP contribution in [0.1, 0.15) is 44.7 Å². The van der Waals surface area contributed by atoms with Gasteiger partial charge in [0.1, 0.15) is 0 Å². The van der Waals surface area contributed by atoms with Gasteiger partial charge in [0.15, 0.2) is 0 Å². The first-order valence-corrected chi connectivity index (χ1v) is 9.03. The third-order valence-corrected chi connectivity index (χ3v) is 4.97. The van der Waals surface area contributed by atoms with Crippen molar-refractivity contribution in [1.29, 1.82) is 0 Å². The van der Waals surface area contributed by atoms with Crippen molar-refractivity contribution < 1.29 is 8.42 Å². The number of nitrogens with two attached hydrogens (primary N) is 1. The fourth-order valence-corrected chi connectivity index (χ4v) is 3.44. The Morgan fingerprint density at radius 2 is 2.00 bits per heavy atom. The molecule has 0 spiro atoms. The lowest BCUT2D eigenvalue weighted by molar-refractivity contribution is 0.407. The molecule has 1 heterocycles. The number of hydrogen-bond acceptors (Lipinski definition) is 4. The van der Waals surface area contributed by atoms with Crippen LogP contribution in [0.5, 0.6) is 0 Å². The second-order valence-electron chi connectivity index (χ2n) is 5.93. The van der Waals surface area contributed by atoms with Crippen LogP contribution in [-0.4, -0.2) is 27.0 Å². The Kier molecular flexibility index (Phi) is 5.37. The molecule has 3 atom stereocenters. The Hall–Kier alpha value is -0.950. The van der Waals surface area contributed by atoms with Gasteiger partial charge < -0.3 is 10.6 Å². The Morgan fingerprint density at radius 3 is 2.52 bits per heavy atom. The predicted octanol–water partition coefficient (Wildman–Crippen LogP) is 1.52. The summed E-state index contributed by atoms with van der Waals surface area (Å²) in [5, 5.41) is 12.2. The lowest BCUT2D eigenvalue weighted by Crippen LogP contribution is -2.35. The summed E-state index contributed by atoms with van der Waals surface area (Å²) in [5.41, 5.74) is 1.06. The lowest BCUT2D eigenvalue weighted by Gasteiger charge is -2.23. The van der Waals surface area contributed by atoms with Gasteiger partial charge in [-0.25, -0.2) is 13.6 Å². The molecule has 1 aliphatic rings.